The molecule has 0 aliphatic heterocycles. The molecule has 0 fully saturated rings. The van der Waals surface area contributed by atoms with E-state index < -0.39 is 0 Å². The van der Waals surface area contributed by atoms with Gasteiger partial charge in [-0.2, -0.15) is 0 Å². The number of nitrogens with zero attached hydrogens (tertiary/aromatic N) is 1. The van der Waals surface area contributed by atoms with Crippen LogP contribution in [0, 0.1) is 0 Å². The maximum atomic E-state index is 3.72. The van der Waals surface area contributed by atoms with Gasteiger partial charge >= 0.3 is 0 Å². The van der Waals surface area contributed by atoms with E-state index in [9.17, 15) is 0 Å². The van der Waals surface area contributed by atoms with E-state index in [2.05, 4.69) is 6.58 Å². The summed E-state index contributed by atoms with van der Waals surface area (Å²) in [4.78, 5) is 0. The third-order valence-corrected chi connectivity index (χ3v) is 0.989. The summed E-state index contributed by atoms with van der Waals surface area (Å²) in [7, 11) is 1.97. The largest absolute Gasteiger partial charge is 0.210 e. The van der Waals surface area contributed by atoms with Gasteiger partial charge in [-0.15, -0.1) is 0 Å². The third kappa shape index (κ3) is 2.15. The first-order valence-corrected chi connectivity index (χ1v) is 2.36. The van der Waals surface area contributed by atoms with Gasteiger partial charge in [0, 0.05) is 13.8 Å². The molecular formula is C6H12N+. The lowest BCUT2D eigenvalue weighted by molar-refractivity contribution is -0.437. The minimum atomic E-state index is 1.07. The summed E-state index contributed by atoms with van der Waals surface area (Å²) in [6, 6.07) is 0. The minimum Gasteiger partial charge on any atom is -0.210 e. The van der Waals surface area contributed by atoms with E-state index in [-0.39, 0.29) is 0 Å². The second-order valence-corrected chi connectivity index (χ2v) is 1.60. The lowest BCUT2D eigenvalue weighted by Gasteiger charge is -1.86. The zero-order valence-electron chi connectivity index (χ0n) is 5.23. The van der Waals surface area contributed by atoms with Crippen molar-refractivity contribution in [1.29, 1.82) is 0 Å². The third-order valence-electron chi connectivity index (χ3n) is 0.989. The molecule has 0 saturated carbocycles. The predicted molar refractivity (Wildman–Crippen MR) is 32.7 cm³/mol. The summed E-state index contributed by atoms with van der Waals surface area (Å²) < 4.78 is 1.97. The van der Waals surface area contributed by atoms with Gasteiger partial charge in [-0.1, -0.05) is 0 Å². The molecule has 40 valence electrons. The molecule has 0 amide bonds. The van der Waals surface area contributed by atoms with Crippen LogP contribution in [0.4, 0.5) is 0 Å². The molecule has 0 aliphatic rings. The van der Waals surface area contributed by atoms with Crippen LogP contribution >= 0.6 is 0 Å². The van der Waals surface area contributed by atoms with E-state index in [1.165, 1.54) is 0 Å². The first-order valence-electron chi connectivity index (χ1n) is 2.36. The smallest absolute Gasteiger partial charge is 0.170 e. The van der Waals surface area contributed by atoms with Gasteiger partial charge < -0.3 is 0 Å². The molecule has 0 spiro atoms. The highest BCUT2D eigenvalue weighted by Crippen LogP contribution is 1.82. The maximum Gasteiger partial charge on any atom is 0.170 e. The first kappa shape index (κ1) is 6.41. The van der Waals surface area contributed by atoms with Crippen molar-refractivity contribution in [1.82, 2.24) is 0 Å². The fourth-order valence-corrected chi connectivity index (χ4v) is 0.220. The molecular weight excluding hydrogens is 86.1 g/mol. The molecule has 0 rings (SSSR count). The Hall–Kier alpha value is -0.590. The maximum absolute atomic E-state index is 3.72. The van der Waals surface area contributed by atoms with Gasteiger partial charge in [0.25, 0.3) is 0 Å². The summed E-state index contributed by atoms with van der Waals surface area (Å²) in [6.45, 7) is 7.67. The number of allylic oxidation sites excluding steroid dienone is 1. The van der Waals surface area contributed by atoms with Crippen molar-refractivity contribution in [3.05, 3.63) is 12.3 Å². The normalized spacial score (nSPS) is 11.6. The van der Waals surface area contributed by atoms with Crippen LogP contribution in [0.2, 0.25) is 0 Å². The van der Waals surface area contributed by atoms with Crippen molar-refractivity contribution in [2.75, 3.05) is 7.05 Å². The topological polar surface area (TPSA) is 3.01 Å². The lowest BCUT2D eigenvalue weighted by atomic mass is 10.5. The molecule has 0 N–H and O–H groups in total. The SMILES string of the molecule is C=C(C)[N+](C)=CC. The van der Waals surface area contributed by atoms with Crippen molar-refractivity contribution < 1.29 is 4.58 Å². The van der Waals surface area contributed by atoms with Crippen molar-refractivity contribution in [2.45, 2.75) is 13.8 Å². The van der Waals surface area contributed by atoms with Gasteiger partial charge in [-0.05, 0) is 6.58 Å². The molecule has 0 aromatic carbocycles. The van der Waals surface area contributed by atoms with Crippen LogP contribution in [0.1, 0.15) is 13.8 Å². The fourth-order valence-electron chi connectivity index (χ4n) is 0.220. The van der Waals surface area contributed by atoms with Crippen molar-refractivity contribution in [3.8, 4) is 0 Å². The predicted octanol–water partition coefficient (Wildman–Crippen LogP) is 1.25. The van der Waals surface area contributed by atoms with Gasteiger partial charge in [0.15, 0.2) is 5.70 Å². The van der Waals surface area contributed by atoms with Crippen LogP contribution in [-0.2, 0) is 0 Å². The molecule has 0 aromatic heterocycles. The quantitative estimate of drug-likeness (QED) is 0.343. The van der Waals surface area contributed by atoms with E-state index >= 15 is 0 Å². The zero-order valence-corrected chi connectivity index (χ0v) is 5.23. The lowest BCUT2D eigenvalue weighted by Crippen LogP contribution is -1.99. The van der Waals surface area contributed by atoms with Crippen LogP contribution in [0.3, 0.4) is 0 Å². The average molecular weight is 98.2 g/mol. The average Bonchev–Trinajstić information content (AvgIpc) is 1.65. The van der Waals surface area contributed by atoms with Crippen LogP contribution in [0.25, 0.3) is 0 Å². The Balaban J connectivity index is 3.82. The Morgan fingerprint density at radius 2 is 2.14 bits per heavy atom. The molecule has 0 unspecified atom stereocenters. The molecule has 0 saturated heterocycles. The molecule has 1 heteroatoms. The molecule has 0 atom stereocenters. The molecule has 0 heterocycles. The summed E-state index contributed by atoms with van der Waals surface area (Å²) in [5.74, 6) is 0. The molecule has 0 aliphatic carbocycles. The van der Waals surface area contributed by atoms with Gasteiger partial charge in [-0.25, -0.2) is 4.58 Å². The molecule has 0 bridgehead atoms. The zero-order chi connectivity index (χ0) is 5.86. The Labute approximate surface area is 45.0 Å². The van der Waals surface area contributed by atoms with Gasteiger partial charge in [0.05, 0.1) is 0 Å². The minimum absolute atomic E-state index is 1.07. The highest BCUT2D eigenvalue weighted by atomic mass is 15.0. The second kappa shape index (κ2) is 2.56. The van der Waals surface area contributed by atoms with E-state index in [1.807, 2.05) is 31.7 Å². The van der Waals surface area contributed by atoms with Crippen molar-refractivity contribution in [2.24, 2.45) is 0 Å². The van der Waals surface area contributed by atoms with Gasteiger partial charge in [0.2, 0.25) is 0 Å². The van der Waals surface area contributed by atoms with Crippen LogP contribution in [-0.4, -0.2) is 17.8 Å². The Bertz CT molecular complexity index is 101. The van der Waals surface area contributed by atoms with Crippen molar-refractivity contribution in [3.63, 3.8) is 0 Å². The Morgan fingerprint density at radius 3 is 2.14 bits per heavy atom. The van der Waals surface area contributed by atoms with E-state index in [1.54, 1.807) is 0 Å². The first-order chi connectivity index (χ1) is 3.18. The summed E-state index contributed by atoms with van der Waals surface area (Å²) in [5, 5.41) is 0. The van der Waals surface area contributed by atoms with Crippen molar-refractivity contribution >= 4 is 6.21 Å². The van der Waals surface area contributed by atoms with E-state index in [0.29, 0.717) is 0 Å². The summed E-state index contributed by atoms with van der Waals surface area (Å²) in [5.41, 5.74) is 1.07. The van der Waals surface area contributed by atoms with Crippen LogP contribution in [0.15, 0.2) is 12.3 Å². The van der Waals surface area contributed by atoms with Gasteiger partial charge in [0.1, 0.15) is 13.3 Å². The van der Waals surface area contributed by atoms with Crippen LogP contribution in [0.5, 0.6) is 0 Å². The fraction of sp³-hybridized carbons (Fsp3) is 0.500. The molecule has 0 aromatic rings. The number of rotatable bonds is 1. The number of hydrogen-bond acceptors (Lipinski definition) is 0. The molecule has 0 radical (unpaired) electrons. The Morgan fingerprint density at radius 1 is 1.71 bits per heavy atom. The second-order valence-electron chi connectivity index (χ2n) is 1.60. The molecule has 1 nitrogen and oxygen atoms in total. The molecule has 7 heavy (non-hydrogen) atoms. The van der Waals surface area contributed by atoms with Gasteiger partial charge in [-0.3, -0.25) is 0 Å². The Kier molecular flexibility index (Phi) is 2.34. The standard InChI is InChI=1S/C6H12N/c1-5-7(4)6(2)3/h5H,2H2,1,3-4H3/q+1. The monoisotopic (exact) mass is 98.1 g/mol. The summed E-state index contributed by atoms with van der Waals surface area (Å²) in [6.07, 6.45) is 1.97. The number of hydrogen-bond donors (Lipinski definition) is 0. The summed E-state index contributed by atoms with van der Waals surface area (Å²) >= 11 is 0. The highest BCUT2D eigenvalue weighted by Gasteiger charge is 1.88. The van der Waals surface area contributed by atoms with E-state index in [0.717, 1.165) is 5.70 Å². The highest BCUT2D eigenvalue weighted by molar-refractivity contribution is 5.47. The van der Waals surface area contributed by atoms with E-state index in [4.69, 9.17) is 0 Å². The van der Waals surface area contributed by atoms with Crippen LogP contribution < -0.4 is 0 Å².